The smallest absolute Gasteiger partial charge is 0.303 e. The third kappa shape index (κ3) is 4.79. The second kappa shape index (κ2) is 9.60. The highest BCUT2D eigenvalue weighted by Gasteiger charge is 2.71. The number of ketones is 1. The first-order chi connectivity index (χ1) is 19.6. The predicted octanol–water partition coefficient (Wildman–Crippen LogP) is 6.02. The van der Waals surface area contributed by atoms with Gasteiger partial charge < -0.3 is 28.8 Å². The van der Waals surface area contributed by atoms with Crippen LogP contribution in [0.3, 0.4) is 0 Å². The van der Waals surface area contributed by atoms with Gasteiger partial charge in [0.15, 0.2) is 17.4 Å². The first kappa shape index (κ1) is 31.7. The third-order valence-electron chi connectivity index (χ3n) is 12.6. The molecule has 2 aliphatic heterocycles. The third-order valence-corrected chi connectivity index (χ3v) is 12.6. The van der Waals surface area contributed by atoms with Crippen LogP contribution in [-0.2, 0) is 33.3 Å². The Bertz CT molecular complexity index is 1220. The van der Waals surface area contributed by atoms with Crippen molar-refractivity contribution in [1.29, 1.82) is 0 Å². The van der Waals surface area contributed by atoms with E-state index in [-0.39, 0.29) is 53.2 Å². The summed E-state index contributed by atoms with van der Waals surface area (Å²) in [6.45, 7) is 19.8. The predicted molar refractivity (Wildman–Crippen MR) is 160 cm³/mol. The molecule has 2 saturated heterocycles. The largest absolute Gasteiger partial charge is 0.460 e. The number of ether oxygens (including phenoxy) is 5. The number of aliphatic hydroxyl groups is 1. The molecule has 10 atom stereocenters. The SMILES string of the molecule is CC(=O)OC(C)(C)CC[C@H]1OC(C)(C)O[C@]1(C)[C@@H]1CC[C@@]2(O)C3=CC(=O)[C@@H]4C[C@H]5OC(C)(C)O[C@H]5C[C@]4(C)[C@@H]3CC[C@]12C. The minimum atomic E-state index is -1.10. The van der Waals surface area contributed by atoms with Crippen molar-refractivity contribution in [3.05, 3.63) is 11.6 Å². The van der Waals surface area contributed by atoms with Crippen LogP contribution in [0, 0.1) is 28.6 Å². The zero-order valence-electron chi connectivity index (χ0n) is 28.0. The normalized spacial score (nSPS) is 48.2. The number of allylic oxidation sites excluding steroid dienone is 1. The van der Waals surface area contributed by atoms with E-state index in [1.54, 1.807) is 0 Å². The lowest BCUT2D eigenvalue weighted by Gasteiger charge is -2.60. The standard InChI is InChI=1S/C35H54O8/c1-20(36)39-29(2,3)14-13-28-34(10,43-31(6,7)42-28)27-12-16-35(38)22-17-24(37)23-18-25-26(41-30(4,5)40-25)19-32(23,8)21(22)11-15-33(27,35)9/h17,21,23,25-28,38H,11-16,18-19H2,1-10H3/t21-,23+,25-,26+,27-,28-,32-,33-,34-,35-/m1/s1. The molecule has 8 heteroatoms. The quantitative estimate of drug-likeness (QED) is 0.381. The van der Waals surface area contributed by atoms with Crippen LogP contribution in [0.15, 0.2) is 11.6 Å². The first-order valence-electron chi connectivity index (χ1n) is 16.6. The number of hydrogen-bond acceptors (Lipinski definition) is 8. The number of rotatable bonds is 5. The zero-order chi connectivity index (χ0) is 31.6. The first-order valence-corrected chi connectivity index (χ1v) is 16.6. The highest BCUT2D eigenvalue weighted by atomic mass is 16.8. The van der Waals surface area contributed by atoms with Crippen LogP contribution in [0.5, 0.6) is 0 Å². The van der Waals surface area contributed by atoms with Gasteiger partial charge in [0.05, 0.1) is 29.5 Å². The summed E-state index contributed by atoms with van der Waals surface area (Å²) in [4.78, 5) is 25.6. The number of carbonyl (C=O) groups is 2. The molecule has 43 heavy (non-hydrogen) atoms. The summed E-state index contributed by atoms with van der Waals surface area (Å²) < 4.78 is 31.5. The van der Waals surface area contributed by atoms with Gasteiger partial charge in [-0.2, -0.15) is 0 Å². The Balaban J connectivity index is 1.30. The minimum Gasteiger partial charge on any atom is -0.460 e. The molecule has 0 aromatic rings. The van der Waals surface area contributed by atoms with Crippen LogP contribution in [0.4, 0.5) is 0 Å². The molecule has 242 valence electrons. The van der Waals surface area contributed by atoms with Crippen molar-refractivity contribution in [2.24, 2.45) is 28.6 Å². The molecule has 2 heterocycles. The fraction of sp³-hybridized carbons (Fsp3) is 0.886. The average molecular weight is 603 g/mol. The van der Waals surface area contributed by atoms with Crippen molar-refractivity contribution in [1.82, 2.24) is 0 Å². The zero-order valence-corrected chi connectivity index (χ0v) is 28.0. The van der Waals surface area contributed by atoms with E-state index in [9.17, 15) is 14.7 Å². The Morgan fingerprint density at radius 1 is 0.977 bits per heavy atom. The number of esters is 1. The van der Waals surface area contributed by atoms with Gasteiger partial charge >= 0.3 is 5.97 Å². The van der Waals surface area contributed by atoms with Crippen molar-refractivity contribution in [2.75, 3.05) is 0 Å². The van der Waals surface area contributed by atoms with Crippen molar-refractivity contribution >= 4 is 11.8 Å². The Labute approximate surface area is 257 Å². The van der Waals surface area contributed by atoms with Gasteiger partial charge in [0, 0.05) is 18.3 Å². The molecule has 0 amide bonds. The van der Waals surface area contributed by atoms with Crippen molar-refractivity contribution < 1.29 is 38.4 Å². The summed E-state index contributed by atoms with van der Waals surface area (Å²) in [5.74, 6) is -1.59. The van der Waals surface area contributed by atoms with Crippen LogP contribution in [-0.4, -0.2) is 63.5 Å². The maximum atomic E-state index is 13.9. The lowest BCUT2D eigenvalue weighted by molar-refractivity contribution is -0.190. The Hall–Kier alpha value is -1.32. The summed E-state index contributed by atoms with van der Waals surface area (Å²) in [6, 6.07) is 0. The molecule has 0 bridgehead atoms. The number of fused-ring (bicyclic) bond motifs is 6. The van der Waals surface area contributed by atoms with E-state index < -0.39 is 33.8 Å². The molecular weight excluding hydrogens is 548 g/mol. The highest BCUT2D eigenvalue weighted by Crippen LogP contribution is 2.70. The molecule has 1 N–H and O–H groups in total. The summed E-state index contributed by atoms with van der Waals surface area (Å²) in [7, 11) is 0. The summed E-state index contributed by atoms with van der Waals surface area (Å²) in [5, 5.41) is 12.8. The molecular formula is C35H54O8. The Morgan fingerprint density at radius 3 is 2.33 bits per heavy atom. The van der Waals surface area contributed by atoms with Crippen LogP contribution in [0.1, 0.15) is 121 Å². The molecule has 6 aliphatic rings. The van der Waals surface area contributed by atoms with Crippen LogP contribution in [0.25, 0.3) is 0 Å². The minimum absolute atomic E-state index is 0.0131. The molecule has 0 spiro atoms. The van der Waals surface area contributed by atoms with Crippen LogP contribution in [0.2, 0.25) is 0 Å². The second-order valence-electron chi connectivity index (χ2n) is 16.9. The Morgan fingerprint density at radius 2 is 1.65 bits per heavy atom. The number of hydrogen-bond donors (Lipinski definition) is 1. The van der Waals surface area contributed by atoms with Gasteiger partial charge in [-0.3, -0.25) is 9.59 Å². The van der Waals surface area contributed by atoms with E-state index in [4.69, 9.17) is 23.7 Å². The molecule has 0 aromatic carbocycles. The van der Waals surface area contributed by atoms with Crippen LogP contribution < -0.4 is 0 Å². The van der Waals surface area contributed by atoms with E-state index in [2.05, 4.69) is 20.8 Å². The maximum Gasteiger partial charge on any atom is 0.303 e. The lowest BCUT2D eigenvalue weighted by atomic mass is 9.45. The molecule has 8 nitrogen and oxygen atoms in total. The summed E-state index contributed by atoms with van der Waals surface area (Å²) in [5.41, 5.74) is -2.24. The van der Waals surface area contributed by atoms with Gasteiger partial charge in [0.1, 0.15) is 5.60 Å². The van der Waals surface area contributed by atoms with Crippen molar-refractivity contribution in [3.63, 3.8) is 0 Å². The van der Waals surface area contributed by atoms with Gasteiger partial charge in [-0.15, -0.1) is 0 Å². The topological polar surface area (TPSA) is 101 Å². The molecule has 4 aliphatic carbocycles. The average Bonchev–Trinajstić information content (AvgIpc) is 3.39. The maximum absolute atomic E-state index is 13.9. The monoisotopic (exact) mass is 602 g/mol. The molecule has 0 radical (unpaired) electrons. The van der Waals surface area contributed by atoms with Gasteiger partial charge in [-0.1, -0.05) is 13.8 Å². The van der Waals surface area contributed by atoms with Gasteiger partial charge in [0.25, 0.3) is 0 Å². The van der Waals surface area contributed by atoms with E-state index in [0.717, 1.165) is 31.3 Å². The highest BCUT2D eigenvalue weighted by molar-refractivity contribution is 5.95. The molecule has 6 rings (SSSR count). The van der Waals surface area contributed by atoms with Crippen molar-refractivity contribution in [2.45, 2.75) is 167 Å². The lowest BCUT2D eigenvalue weighted by Crippen LogP contribution is -2.62. The van der Waals surface area contributed by atoms with E-state index >= 15 is 0 Å². The van der Waals surface area contributed by atoms with Gasteiger partial charge in [-0.25, -0.2) is 0 Å². The molecule has 3 saturated carbocycles. The fourth-order valence-electron chi connectivity index (χ4n) is 10.9. The molecule has 5 fully saturated rings. The van der Waals surface area contributed by atoms with Gasteiger partial charge in [-0.05, 0) is 129 Å². The van der Waals surface area contributed by atoms with E-state index in [1.807, 2.05) is 47.6 Å². The number of carbonyl (C=O) groups excluding carboxylic acids is 2. The van der Waals surface area contributed by atoms with Gasteiger partial charge in [0.2, 0.25) is 0 Å². The van der Waals surface area contributed by atoms with E-state index in [1.165, 1.54) is 6.92 Å². The van der Waals surface area contributed by atoms with Crippen molar-refractivity contribution in [3.8, 4) is 0 Å². The summed E-state index contributed by atoms with van der Waals surface area (Å²) >= 11 is 0. The fourth-order valence-corrected chi connectivity index (χ4v) is 10.9. The van der Waals surface area contributed by atoms with E-state index in [0.29, 0.717) is 25.7 Å². The molecule has 0 aromatic heterocycles. The van der Waals surface area contributed by atoms with Crippen LogP contribution >= 0.6 is 0 Å². The second-order valence-corrected chi connectivity index (χ2v) is 16.9. The Kier molecular flexibility index (Phi) is 7.07. The summed E-state index contributed by atoms with van der Waals surface area (Å²) in [6.07, 6.45) is 7.34. The molecule has 0 unspecified atom stereocenters.